The number of halogens is 1. The Hall–Kier alpha value is -1.74. The van der Waals surface area contributed by atoms with E-state index in [1.165, 1.54) is 6.07 Å². The number of fused-ring (bicyclic) bond motifs is 1. The minimum Gasteiger partial charge on any atom is -0.507 e. The molecule has 2 aromatic carbocycles. The summed E-state index contributed by atoms with van der Waals surface area (Å²) in [5, 5.41) is 20.1. The van der Waals surface area contributed by atoms with Crippen LogP contribution < -0.4 is 0 Å². The predicted octanol–water partition coefficient (Wildman–Crippen LogP) is 2.90. The largest absolute Gasteiger partial charge is 0.507 e. The fourth-order valence-corrected chi connectivity index (χ4v) is 1.69. The van der Waals surface area contributed by atoms with Crippen LogP contribution in [0.4, 0.5) is 0 Å². The number of hydrogen-bond donors (Lipinski definition) is 2. The molecule has 0 aliphatic heterocycles. The Morgan fingerprint density at radius 2 is 1.93 bits per heavy atom. The van der Waals surface area contributed by atoms with E-state index in [0.29, 0.717) is 15.8 Å². The molecule has 0 aliphatic carbocycles. The molecule has 2 rings (SSSR count). The average Bonchev–Trinajstić information content (AvgIpc) is 2.17. The molecule has 76 valence electrons. The molecule has 0 heterocycles. The van der Waals surface area contributed by atoms with Gasteiger partial charge in [-0.3, -0.25) is 0 Å². The van der Waals surface area contributed by atoms with Crippen LogP contribution in [0, 0.1) is 0 Å². The van der Waals surface area contributed by atoms with Crippen molar-refractivity contribution in [1.29, 1.82) is 0 Å². The van der Waals surface area contributed by atoms with Gasteiger partial charge in [0.2, 0.25) is 0 Å². The molecule has 0 fully saturated rings. The second kappa shape index (κ2) is 3.44. The Kier molecular flexibility index (Phi) is 2.25. The molecule has 0 aliphatic rings. The summed E-state index contributed by atoms with van der Waals surface area (Å²) in [6.07, 6.45) is 0. The van der Waals surface area contributed by atoms with E-state index in [1.54, 1.807) is 24.3 Å². The standard InChI is InChI=1S/C11H7ClO3/c12-7-2-3-8-6(5-7)1-4-9(13)10(8)11(14)15/h1-5,13H,(H,14,15). The summed E-state index contributed by atoms with van der Waals surface area (Å²) in [5.41, 5.74) is -0.0934. The SMILES string of the molecule is O=C(O)c1c(O)ccc2cc(Cl)ccc12. The Morgan fingerprint density at radius 3 is 2.60 bits per heavy atom. The zero-order valence-corrected chi connectivity index (χ0v) is 8.32. The molecular weight excluding hydrogens is 216 g/mol. The number of phenols is 1. The second-order valence-electron chi connectivity index (χ2n) is 3.13. The van der Waals surface area contributed by atoms with Crippen LogP contribution in [0.1, 0.15) is 10.4 Å². The maximum atomic E-state index is 10.9. The van der Waals surface area contributed by atoms with E-state index in [9.17, 15) is 9.90 Å². The molecule has 3 nitrogen and oxygen atoms in total. The Balaban J connectivity index is 2.88. The van der Waals surface area contributed by atoms with E-state index in [2.05, 4.69) is 0 Å². The molecule has 0 bridgehead atoms. The second-order valence-corrected chi connectivity index (χ2v) is 3.57. The van der Waals surface area contributed by atoms with E-state index in [4.69, 9.17) is 16.7 Å². The topological polar surface area (TPSA) is 57.5 Å². The highest BCUT2D eigenvalue weighted by Crippen LogP contribution is 2.28. The lowest BCUT2D eigenvalue weighted by molar-refractivity contribution is 0.0696. The van der Waals surface area contributed by atoms with Crippen molar-refractivity contribution in [2.75, 3.05) is 0 Å². The van der Waals surface area contributed by atoms with Gasteiger partial charge in [-0.1, -0.05) is 23.7 Å². The van der Waals surface area contributed by atoms with Gasteiger partial charge >= 0.3 is 5.97 Å². The molecule has 2 aromatic rings. The van der Waals surface area contributed by atoms with E-state index in [-0.39, 0.29) is 11.3 Å². The molecule has 2 N–H and O–H groups in total. The van der Waals surface area contributed by atoms with Gasteiger partial charge in [0.05, 0.1) is 0 Å². The van der Waals surface area contributed by atoms with E-state index < -0.39 is 5.97 Å². The van der Waals surface area contributed by atoms with Crippen LogP contribution in [0.15, 0.2) is 30.3 Å². The smallest absolute Gasteiger partial charge is 0.340 e. The summed E-state index contributed by atoms with van der Waals surface area (Å²) < 4.78 is 0. The van der Waals surface area contributed by atoms with Gasteiger partial charge in [0.15, 0.2) is 0 Å². The van der Waals surface area contributed by atoms with E-state index in [0.717, 1.165) is 0 Å². The van der Waals surface area contributed by atoms with Gasteiger partial charge in [0.25, 0.3) is 0 Å². The fourth-order valence-electron chi connectivity index (χ4n) is 1.51. The van der Waals surface area contributed by atoms with E-state index in [1.807, 2.05) is 0 Å². The molecule has 0 spiro atoms. The van der Waals surface area contributed by atoms with Crippen LogP contribution in [0.3, 0.4) is 0 Å². The predicted molar refractivity (Wildman–Crippen MR) is 57.6 cm³/mol. The van der Waals surface area contributed by atoms with Crippen molar-refractivity contribution in [3.05, 3.63) is 40.9 Å². The maximum Gasteiger partial charge on any atom is 0.340 e. The number of aromatic carboxylic acids is 1. The van der Waals surface area contributed by atoms with Gasteiger partial charge in [0.1, 0.15) is 11.3 Å². The zero-order valence-electron chi connectivity index (χ0n) is 7.57. The molecule has 0 radical (unpaired) electrons. The van der Waals surface area contributed by atoms with Crippen molar-refractivity contribution in [1.82, 2.24) is 0 Å². The first-order valence-electron chi connectivity index (χ1n) is 4.24. The van der Waals surface area contributed by atoms with Crippen LogP contribution in [0.25, 0.3) is 10.8 Å². The molecule has 0 saturated carbocycles. The number of hydrogen-bond acceptors (Lipinski definition) is 2. The first kappa shape index (κ1) is 9.80. The Bertz CT molecular complexity index is 549. The third-order valence-corrected chi connectivity index (χ3v) is 2.41. The first-order valence-corrected chi connectivity index (χ1v) is 4.62. The van der Waals surface area contributed by atoms with Gasteiger partial charge in [-0.05, 0) is 23.6 Å². The molecule has 15 heavy (non-hydrogen) atoms. The van der Waals surface area contributed by atoms with Crippen molar-refractivity contribution < 1.29 is 15.0 Å². The van der Waals surface area contributed by atoms with E-state index >= 15 is 0 Å². The monoisotopic (exact) mass is 222 g/mol. The van der Waals surface area contributed by atoms with Gasteiger partial charge in [-0.25, -0.2) is 4.79 Å². The molecule has 0 saturated heterocycles. The average molecular weight is 223 g/mol. The van der Waals surface area contributed by atoms with Gasteiger partial charge in [0, 0.05) is 10.4 Å². The zero-order chi connectivity index (χ0) is 11.0. The highest BCUT2D eigenvalue weighted by Gasteiger charge is 2.13. The Morgan fingerprint density at radius 1 is 1.20 bits per heavy atom. The summed E-state index contributed by atoms with van der Waals surface area (Å²) >= 11 is 5.78. The quantitative estimate of drug-likeness (QED) is 0.780. The van der Waals surface area contributed by atoms with Gasteiger partial charge in [-0.15, -0.1) is 0 Å². The number of carboxylic acid groups (broad SMARTS) is 1. The third kappa shape index (κ3) is 1.62. The number of carbonyl (C=O) groups is 1. The molecule has 0 aromatic heterocycles. The molecule has 0 unspecified atom stereocenters. The van der Waals surface area contributed by atoms with Crippen molar-refractivity contribution in [2.45, 2.75) is 0 Å². The van der Waals surface area contributed by atoms with Crippen LogP contribution in [0.5, 0.6) is 5.75 Å². The molecular formula is C11H7ClO3. The maximum absolute atomic E-state index is 10.9. The summed E-state index contributed by atoms with van der Waals surface area (Å²) in [5.74, 6) is -1.39. The third-order valence-electron chi connectivity index (χ3n) is 2.17. The minimum atomic E-state index is -1.15. The van der Waals surface area contributed by atoms with Crippen LogP contribution in [0.2, 0.25) is 5.02 Å². The minimum absolute atomic E-state index is 0.0934. The van der Waals surface area contributed by atoms with Crippen LogP contribution in [-0.2, 0) is 0 Å². The summed E-state index contributed by atoms with van der Waals surface area (Å²) in [4.78, 5) is 10.9. The normalized spacial score (nSPS) is 10.5. The Labute approximate surface area is 90.5 Å². The van der Waals surface area contributed by atoms with Gasteiger partial charge in [-0.2, -0.15) is 0 Å². The number of benzene rings is 2. The highest BCUT2D eigenvalue weighted by atomic mass is 35.5. The first-order chi connectivity index (χ1) is 7.09. The lowest BCUT2D eigenvalue weighted by Gasteiger charge is -2.04. The number of carboxylic acids is 1. The molecule has 0 amide bonds. The summed E-state index contributed by atoms with van der Waals surface area (Å²) in [6, 6.07) is 7.81. The fraction of sp³-hybridized carbons (Fsp3) is 0. The van der Waals surface area contributed by atoms with Crippen molar-refractivity contribution >= 4 is 28.3 Å². The highest BCUT2D eigenvalue weighted by molar-refractivity contribution is 6.31. The summed E-state index contributed by atoms with van der Waals surface area (Å²) in [6.45, 7) is 0. The molecule has 0 atom stereocenters. The van der Waals surface area contributed by atoms with Crippen LogP contribution >= 0.6 is 11.6 Å². The number of aromatic hydroxyl groups is 1. The summed E-state index contributed by atoms with van der Waals surface area (Å²) in [7, 11) is 0. The van der Waals surface area contributed by atoms with Gasteiger partial charge < -0.3 is 10.2 Å². The number of rotatable bonds is 1. The lowest BCUT2D eigenvalue weighted by atomic mass is 10.0. The lowest BCUT2D eigenvalue weighted by Crippen LogP contribution is -1.97. The van der Waals surface area contributed by atoms with Crippen molar-refractivity contribution in [3.63, 3.8) is 0 Å². The molecule has 4 heteroatoms. The van der Waals surface area contributed by atoms with Crippen molar-refractivity contribution in [3.8, 4) is 5.75 Å². The van der Waals surface area contributed by atoms with Crippen molar-refractivity contribution in [2.24, 2.45) is 0 Å². The van der Waals surface area contributed by atoms with Crippen LogP contribution in [-0.4, -0.2) is 16.2 Å².